The second-order valence-corrected chi connectivity index (χ2v) is 8.15. The molecule has 4 aromatic rings. The molecule has 7 heteroatoms. The Labute approximate surface area is 165 Å². The maximum absolute atomic E-state index is 12.5. The van der Waals surface area contributed by atoms with Gasteiger partial charge in [-0.05, 0) is 36.1 Å². The number of imidazole rings is 1. The molecular weight excluding hydrogens is 376 g/mol. The van der Waals surface area contributed by atoms with E-state index in [0.29, 0.717) is 12.1 Å². The highest BCUT2D eigenvalue weighted by Gasteiger charge is 2.12. The highest BCUT2D eigenvalue weighted by Crippen LogP contribution is 2.30. The predicted molar refractivity (Wildman–Crippen MR) is 109 cm³/mol. The number of thiazole rings is 1. The summed E-state index contributed by atoms with van der Waals surface area (Å²) in [5, 5.41) is 6.05. The third-order valence-electron chi connectivity index (χ3n) is 4.17. The quantitative estimate of drug-likeness (QED) is 0.529. The third kappa shape index (κ3) is 4.15. The number of aryl methyl sites for hydroxylation is 1. The van der Waals surface area contributed by atoms with E-state index in [9.17, 15) is 4.79 Å². The number of hydrogen-bond acceptors (Lipinski definition) is 5. The van der Waals surface area contributed by atoms with Crippen LogP contribution in [0.1, 0.15) is 26.5 Å². The summed E-state index contributed by atoms with van der Waals surface area (Å²) in [5.74, 6) is -0.0744. The Morgan fingerprint density at radius 3 is 2.78 bits per heavy atom. The normalized spacial score (nSPS) is 10.9. The van der Waals surface area contributed by atoms with Crippen LogP contribution in [0.5, 0.6) is 0 Å². The van der Waals surface area contributed by atoms with Crippen LogP contribution in [0.3, 0.4) is 0 Å². The molecule has 0 aliphatic heterocycles. The molecule has 0 unspecified atom stereocenters. The Kier molecular flexibility index (Phi) is 5.13. The number of amides is 1. The molecule has 1 aromatic carbocycles. The topological polar surface area (TPSA) is 59.8 Å². The number of thiophene rings is 1. The Morgan fingerprint density at radius 2 is 2.07 bits per heavy atom. The standard InChI is InChI=1S/C20H18N4OS2/c1-14-18(27-20(23-14)17-3-2-10-26-17)11-22-19(25)16-6-4-15(5-7-16)12-24-9-8-21-13-24/h2-10,13H,11-12H2,1H3,(H,22,25). The maximum atomic E-state index is 12.5. The van der Waals surface area contributed by atoms with E-state index in [-0.39, 0.29) is 5.91 Å². The Bertz CT molecular complexity index is 1020. The van der Waals surface area contributed by atoms with Crippen LogP contribution in [0.15, 0.2) is 60.5 Å². The lowest BCUT2D eigenvalue weighted by Crippen LogP contribution is -2.22. The Hall–Kier alpha value is -2.77. The van der Waals surface area contributed by atoms with Crippen LogP contribution in [-0.2, 0) is 13.1 Å². The molecule has 0 aliphatic carbocycles. The average Bonchev–Trinajstić information content (AvgIpc) is 3.43. The minimum absolute atomic E-state index is 0.0744. The largest absolute Gasteiger partial charge is 0.347 e. The molecule has 0 aliphatic rings. The third-order valence-corrected chi connectivity index (χ3v) is 6.37. The van der Waals surface area contributed by atoms with Crippen LogP contribution in [0.25, 0.3) is 9.88 Å². The number of nitrogens with one attached hydrogen (secondary N) is 1. The van der Waals surface area contributed by atoms with Crippen molar-refractivity contribution in [2.45, 2.75) is 20.0 Å². The molecule has 27 heavy (non-hydrogen) atoms. The van der Waals surface area contributed by atoms with Gasteiger partial charge in [-0.2, -0.15) is 0 Å². The van der Waals surface area contributed by atoms with E-state index in [4.69, 9.17) is 0 Å². The molecule has 0 spiro atoms. The van der Waals surface area contributed by atoms with Crippen LogP contribution in [0.2, 0.25) is 0 Å². The monoisotopic (exact) mass is 394 g/mol. The van der Waals surface area contributed by atoms with Crippen molar-refractivity contribution in [2.24, 2.45) is 0 Å². The fourth-order valence-corrected chi connectivity index (χ4v) is 4.51. The van der Waals surface area contributed by atoms with Gasteiger partial charge in [0.25, 0.3) is 5.91 Å². The van der Waals surface area contributed by atoms with E-state index in [1.54, 1.807) is 35.2 Å². The molecular formula is C20H18N4OS2. The molecule has 136 valence electrons. The zero-order valence-corrected chi connectivity index (χ0v) is 16.4. The second kappa shape index (κ2) is 7.85. The molecule has 4 rings (SSSR count). The van der Waals surface area contributed by atoms with Crippen molar-refractivity contribution in [2.75, 3.05) is 0 Å². The van der Waals surface area contributed by atoms with Gasteiger partial charge in [0.2, 0.25) is 0 Å². The number of carbonyl (C=O) groups excluding carboxylic acids is 1. The smallest absolute Gasteiger partial charge is 0.251 e. The van der Waals surface area contributed by atoms with Crippen molar-refractivity contribution < 1.29 is 4.79 Å². The Balaban J connectivity index is 1.38. The zero-order chi connectivity index (χ0) is 18.6. The van der Waals surface area contributed by atoms with E-state index >= 15 is 0 Å². The van der Waals surface area contributed by atoms with Crippen LogP contribution in [0.4, 0.5) is 0 Å². The van der Waals surface area contributed by atoms with Gasteiger partial charge in [-0.25, -0.2) is 9.97 Å². The first-order valence-corrected chi connectivity index (χ1v) is 10.2. The first kappa shape index (κ1) is 17.6. The summed E-state index contributed by atoms with van der Waals surface area (Å²) in [7, 11) is 0. The van der Waals surface area contributed by atoms with Gasteiger partial charge in [-0.15, -0.1) is 22.7 Å². The number of carbonyl (C=O) groups is 1. The minimum Gasteiger partial charge on any atom is -0.347 e. The summed E-state index contributed by atoms with van der Waals surface area (Å²) in [5.41, 5.74) is 2.76. The number of hydrogen-bond donors (Lipinski definition) is 1. The molecule has 0 bridgehead atoms. The van der Waals surface area contributed by atoms with Crippen molar-refractivity contribution in [1.82, 2.24) is 19.9 Å². The summed E-state index contributed by atoms with van der Waals surface area (Å²) in [6.45, 7) is 3.22. The average molecular weight is 395 g/mol. The van der Waals surface area contributed by atoms with Crippen LogP contribution >= 0.6 is 22.7 Å². The van der Waals surface area contributed by atoms with Crippen molar-refractivity contribution in [3.63, 3.8) is 0 Å². The summed E-state index contributed by atoms with van der Waals surface area (Å²) in [4.78, 5) is 23.4. The molecule has 0 radical (unpaired) electrons. The van der Waals surface area contributed by atoms with E-state index < -0.39 is 0 Å². The first-order valence-electron chi connectivity index (χ1n) is 8.52. The molecule has 1 amide bonds. The van der Waals surface area contributed by atoms with Crippen molar-refractivity contribution in [3.05, 3.63) is 82.2 Å². The zero-order valence-electron chi connectivity index (χ0n) is 14.8. The highest BCUT2D eigenvalue weighted by atomic mass is 32.1. The number of nitrogens with zero attached hydrogens (tertiary/aromatic N) is 3. The van der Waals surface area contributed by atoms with Gasteiger partial charge in [-0.3, -0.25) is 4.79 Å². The van der Waals surface area contributed by atoms with Gasteiger partial charge >= 0.3 is 0 Å². The lowest BCUT2D eigenvalue weighted by atomic mass is 10.1. The highest BCUT2D eigenvalue weighted by molar-refractivity contribution is 7.21. The fraction of sp³-hybridized carbons (Fsp3) is 0.150. The molecule has 0 saturated carbocycles. The molecule has 3 heterocycles. The van der Waals surface area contributed by atoms with Gasteiger partial charge in [0.15, 0.2) is 0 Å². The van der Waals surface area contributed by atoms with E-state index in [2.05, 4.69) is 21.4 Å². The minimum atomic E-state index is -0.0744. The molecule has 5 nitrogen and oxygen atoms in total. The van der Waals surface area contributed by atoms with Crippen LogP contribution in [-0.4, -0.2) is 20.4 Å². The van der Waals surface area contributed by atoms with Gasteiger partial charge < -0.3 is 9.88 Å². The predicted octanol–water partition coefficient (Wildman–Crippen LogP) is 4.35. The van der Waals surface area contributed by atoms with Crippen LogP contribution < -0.4 is 5.32 Å². The van der Waals surface area contributed by atoms with Gasteiger partial charge in [0.1, 0.15) is 5.01 Å². The second-order valence-electron chi connectivity index (χ2n) is 6.12. The molecule has 0 saturated heterocycles. The molecule has 3 aromatic heterocycles. The summed E-state index contributed by atoms with van der Waals surface area (Å²) >= 11 is 3.31. The number of benzene rings is 1. The lowest BCUT2D eigenvalue weighted by Gasteiger charge is -2.06. The van der Waals surface area contributed by atoms with Gasteiger partial charge in [0, 0.05) is 29.4 Å². The summed E-state index contributed by atoms with van der Waals surface area (Å²) < 4.78 is 1.99. The number of aromatic nitrogens is 3. The summed E-state index contributed by atoms with van der Waals surface area (Å²) in [6, 6.07) is 11.8. The van der Waals surface area contributed by atoms with Crippen LogP contribution in [0, 0.1) is 6.92 Å². The van der Waals surface area contributed by atoms with Crippen molar-refractivity contribution >= 4 is 28.6 Å². The van der Waals surface area contributed by atoms with E-state index in [0.717, 1.165) is 32.6 Å². The SMILES string of the molecule is Cc1nc(-c2cccs2)sc1CNC(=O)c1ccc(Cn2ccnc2)cc1. The van der Waals surface area contributed by atoms with Gasteiger partial charge in [-0.1, -0.05) is 18.2 Å². The summed E-state index contributed by atoms with van der Waals surface area (Å²) in [6.07, 6.45) is 5.46. The Morgan fingerprint density at radius 1 is 1.22 bits per heavy atom. The van der Waals surface area contributed by atoms with Crippen molar-refractivity contribution in [1.29, 1.82) is 0 Å². The van der Waals surface area contributed by atoms with E-state index in [1.807, 2.05) is 53.4 Å². The number of rotatable bonds is 6. The lowest BCUT2D eigenvalue weighted by molar-refractivity contribution is 0.0951. The molecule has 1 N–H and O–H groups in total. The van der Waals surface area contributed by atoms with E-state index in [1.165, 1.54) is 0 Å². The first-order chi connectivity index (χ1) is 13.2. The maximum Gasteiger partial charge on any atom is 0.251 e. The fourth-order valence-electron chi connectivity index (χ4n) is 2.71. The van der Waals surface area contributed by atoms with Crippen molar-refractivity contribution in [3.8, 4) is 9.88 Å². The molecule has 0 fully saturated rings. The molecule has 0 atom stereocenters. The van der Waals surface area contributed by atoms with Gasteiger partial charge in [0.05, 0.1) is 23.4 Å².